The van der Waals surface area contributed by atoms with E-state index < -0.39 is 0 Å². The molecule has 132 valence electrons. The van der Waals surface area contributed by atoms with Crippen LogP contribution in [0.2, 0.25) is 0 Å². The largest absolute Gasteiger partial charge is 0.357 e. The Hall–Kier alpha value is -0.820. The highest BCUT2D eigenvalue weighted by molar-refractivity contribution is 14.0. The first-order valence-corrected chi connectivity index (χ1v) is 8.58. The molecule has 4 nitrogen and oxygen atoms in total. The Morgan fingerprint density at radius 2 is 1.74 bits per heavy atom. The number of hydrogen-bond donors (Lipinski definition) is 2. The fraction of sp³-hybridized carbons (Fsp3) is 0.611. The Kier molecular flexibility index (Phi) is 14.2. The second-order valence-electron chi connectivity index (χ2n) is 5.30. The van der Waals surface area contributed by atoms with Gasteiger partial charge in [0.25, 0.3) is 0 Å². The Balaban J connectivity index is 0.00000484. The highest BCUT2D eigenvalue weighted by Crippen LogP contribution is 2.02. The van der Waals surface area contributed by atoms with Crippen LogP contribution in [0.25, 0.3) is 0 Å². The molecule has 0 aromatic heterocycles. The predicted molar refractivity (Wildman–Crippen MR) is 112 cm³/mol. The summed E-state index contributed by atoms with van der Waals surface area (Å²) in [4.78, 5) is 7.06. The summed E-state index contributed by atoms with van der Waals surface area (Å²) >= 11 is 0. The molecule has 23 heavy (non-hydrogen) atoms. The van der Waals surface area contributed by atoms with Crippen molar-refractivity contribution in [2.45, 2.75) is 33.6 Å². The molecule has 0 unspecified atom stereocenters. The van der Waals surface area contributed by atoms with E-state index in [0.717, 1.165) is 58.1 Å². The van der Waals surface area contributed by atoms with Crippen LogP contribution in [-0.2, 0) is 6.42 Å². The molecule has 0 heterocycles. The monoisotopic (exact) mass is 432 g/mol. The number of benzene rings is 1. The summed E-state index contributed by atoms with van der Waals surface area (Å²) in [5.41, 5.74) is 1.39. The lowest BCUT2D eigenvalue weighted by molar-refractivity contribution is 0.308. The first-order valence-electron chi connectivity index (χ1n) is 8.58. The van der Waals surface area contributed by atoms with Gasteiger partial charge in [-0.2, -0.15) is 0 Å². The van der Waals surface area contributed by atoms with Crippen molar-refractivity contribution in [1.29, 1.82) is 0 Å². The summed E-state index contributed by atoms with van der Waals surface area (Å²) < 4.78 is 0. The van der Waals surface area contributed by atoms with Gasteiger partial charge in [0.05, 0.1) is 0 Å². The van der Waals surface area contributed by atoms with Gasteiger partial charge in [0.1, 0.15) is 0 Å². The smallest absolute Gasteiger partial charge is 0.191 e. The maximum atomic E-state index is 4.65. The van der Waals surface area contributed by atoms with Gasteiger partial charge in [-0.1, -0.05) is 44.2 Å². The lowest BCUT2D eigenvalue weighted by Gasteiger charge is -2.19. The first kappa shape index (κ1) is 22.2. The zero-order valence-electron chi connectivity index (χ0n) is 14.8. The standard InChI is InChI=1S/C18H32N4.HI/c1-4-19-18(21-15-16-22(5-2)6-3)20-14-10-13-17-11-8-7-9-12-17;/h7-9,11-12H,4-6,10,13-16H2,1-3H3,(H2,19,20,21);1H. The maximum Gasteiger partial charge on any atom is 0.191 e. The van der Waals surface area contributed by atoms with Gasteiger partial charge in [-0.25, -0.2) is 0 Å². The van der Waals surface area contributed by atoms with Crippen molar-refractivity contribution in [2.75, 3.05) is 39.3 Å². The Bertz CT molecular complexity index is 405. The molecule has 0 aliphatic heterocycles. The van der Waals surface area contributed by atoms with E-state index in [1.807, 2.05) is 0 Å². The van der Waals surface area contributed by atoms with E-state index >= 15 is 0 Å². The van der Waals surface area contributed by atoms with Crippen LogP contribution in [0.1, 0.15) is 32.8 Å². The number of aliphatic imine (C=N–C) groups is 1. The lowest BCUT2D eigenvalue weighted by Crippen LogP contribution is -2.41. The third-order valence-corrected chi connectivity index (χ3v) is 3.70. The van der Waals surface area contributed by atoms with Gasteiger partial charge >= 0.3 is 0 Å². The van der Waals surface area contributed by atoms with E-state index in [9.17, 15) is 0 Å². The highest BCUT2D eigenvalue weighted by Gasteiger charge is 2.00. The highest BCUT2D eigenvalue weighted by atomic mass is 127. The molecule has 2 N–H and O–H groups in total. The molecule has 0 saturated carbocycles. The lowest BCUT2D eigenvalue weighted by atomic mass is 10.1. The number of hydrogen-bond acceptors (Lipinski definition) is 2. The van der Waals surface area contributed by atoms with E-state index in [1.165, 1.54) is 5.56 Å². The van der Waals surface area contributed by atoms with Gasteiger partial charge in [0, 0.05) is 26.2 Å². The molecule has 1 rings (SSSR count). The number of aryl methyl sites for hydroxylation is 1. The third kappa shape index (κ3) is 10.5. The Labute approximate surface area is 159 Å². The van der Waals surface area contributed by atoms with Gasteiger partial charge < -0.3 is 15.5 Å². The van der Waals surface area contributed by atoms with Crippen molar-refractivity contribution < 1.29 is 0 Å². The van der Waals surface area contributed by atoms with Crippen LogP contribution in [-0.4, -0.2) is 50.1 Å². The summed E-state index contributed by atoms with van der Waals surface area (Å²) in [6, 6.07) is 10.6. The predicted octanol–water partition coefficient (Wildman–Crippen LogP) is 3.13. The maximum absolute atomic E-state index is 4.65. The molecule has 0 aliphatic rings. The summed E-state index contributed by atoms with van der Waals surface area (Å²) in [6.45, 7) is 12.5. The first-order chi connectivity index (χ1) is 10.8. The second-order valence-corrected chi connectivity index (χ2v) is 5.30. The van der Waals surface area contributed by atoms with Crippen LogP contribution in [0.3, 0.4) is 0 Å². The fourth-order valence-electron chi connectivity index (χ4n) is 2.33. The van der Waals surface area contributed by atoms with E-state index in [-0.39, 0.29) is 24.0 Å². The molecule has 0 fully saturated rings. The van der Waals surface area contributed by atoms with Crippen LogP contribution >= 0.6 is 24.0 Å². The van der Waals surface area contributed by atoms with Crippen LogP contribution in [0.5, 0.6) is 0 Å². The average molecular weight is 432 g/mol. The topological polar surface area (TPSA) is 39.7 Å². The van der Waals surface area contributed by atoms with Crippen molar-refractivity contribution in [2.24, 2.45) is 4.99 Å². The molecular weight excluding hydrogens is 399 g/mol. The normalized spacial score (nSPS) is 11.2. The van der Waals surface area contributed by atoms with Gasteiger partial charge in [-0.15, -0.1) is 24.0 Å². The van der Waals surface area contributed by atoms with Crippen LogP contribution in [0.4, 0.5) is 0 Å². The SMILES string of the molecule is CCNC(=NCCCc1ccccc1)NCCN(CC)CC.I. The average Bonchev–Trinajstić information content (AvgIpc) is 2.56. The minimum absolute atomic E-state index is 0. The second kappa shape index (κ2) is 14.8. The summed E-state index contributed by atoms with van der Waals surface area (Å²) in [5, 5.41) is 6.73. The Morgan fingerprint density at radius 1 is 1.04 bits per heavy atom. The fourth-order valence-corrected chi connectivity index (χ4v) is 2.33. The van der Waals surface area contributed by atoms with Gasteiger partial charge in [0.2, 0.25) is 0 Å². The van der Waals surface area contributed by atoms with E-state index in [0.29, 0.717) is 0 Å². The van der Waals surface area contributed by atoms with Crippen molar-refractivity contribution in [3.63, 3.8) is 0 Å². The van der Waals surface area contributed by atoms with Crippen molar-refractivity contribution in [1.82, 2.24) is 15.5 Å². The quantitative estimate of drug-likeness (QED) is 0.258. The Morgan fingerprint density at radius 3 is 2.35 bits per heavy atom. The third-order valence-electron chi connectivity index (χ3n) is 3.70. The molecule has 0 atom stereocenters. The molecule has 1 aromatic rings. The molecular formula is C18H33IN4. The molecule has 0 bridgehead atoms. The zero-order chi connectivity index (χ0) is 16.0. The number of likely N-dealkylation sites (N-methyl/N-ethyl adjacent to an activating group) is 1. The van der Waals surface area contributed by atoms with Crippen LogP contribution in [0.15, 0.2) is 35.3 Å². The number of nitrogens with one attached hydrogen (secondary N) is 2. The van der Waals surface area contributed by atoms with Gasteiger partial charge in [-0.3, -0.25) is 4.99 Å². The van der Waals surface area contributed by atoms with E-state index in [4.69, 9.17) is 0 Å². The van der Waals surface area contributed by atoms with Gasteiger partial charge in [-0.05, 0) is 38.4 Å². The van der Waals surface area contributed by atoms with E-state index in [1.54, 1.807) is 0 Å². The molecule has 0 aliphatic carbocycles. The zero-order valence-corrected chi connectivity index (χ0v) is 17.2. The number of guanidine groups is 1. The van der Waals surface area contributed by atoms with Crippen molar-refractivity contribution >= 4 is 29.9 Å². The summed E-state index contributed by atoms with van der Waals surface area (Å²) in [5.74, 6) is 0.933. The summed E-state index contributed by atoms with van der Waals surface area (Å²) in [7, 11) is 0. The molecule has 0 spiro atoms. The summed E-state index contributed by atoms with van der Waals surface area (Å²) in [6.07, 6.45) is 2.17. The minimum atomic E-state index is 0. The number of halogens is 1. The minimum Gasteiger partial charge on any atom is -0.357 e. The molecule has 0 amide bonds. The van der Waals surface area contributed by atoms with Crippen LogP contribution in [0, 0.1) is 0 Å². The number of nitrogens with zero attached hydrogens (tertiary/aromatic N) is 2. The van der Waals surface area contributed by atoms with Gasteiger partial charge in [0.15, 0.2) is 5.96 Å². The van der Waals surface area contributed by atoms with Crippen molar-refractivity contribution in [3.8, 4) is 0 Å². The molecule has 0 saturated heterocycles. The molecule has 0 radical (unpaired) electrons. The van der Waals surface area contributed by atoms with Crippen LogP contribution < -0.4 is 10.6 Å². The molecule has 5 heteroatoms. The van der Waals surface area contributed by atoms with E-state index in [2.05, 4.69) is 71.6 Å². The number of rotatable bonds is 10. The van der Waals surface area contributed by atoms with Crippen molar-refractivity contribution in [3.05, 3.63) is 35.9 Å². The molecule has 1 aromatic carbocycles.